The van der Waals surface area contributed by atoms with Gasteiger partial charge in [-0.2, -0.15) is 0 Å². The van der Waals surface area contributed by atoms with Crippen LogP contribution in [-0.4, -0.2) is 48.5 Å². The van der Waals surface area contributed by atoms with Crippen LogP contribution in [0.2, 0.25) is 0 Å². The lowest BCUT2D eigenvalue weighted by molar-refractivity contribution is -0.199. The molecule has 3 amide bonds. The summed E-state index contributed by atoms with van der Waals surface area (Å²) >= 11 is 0. The molecule has 0 aromatic heterocycles. The van der Waals surface area contributed by atoms with Gasteiger partial charge in [-0.1, -0.05) is 53.2 Å². The van der Waals surface area contributed by atoms with Gasteiger partial charge in [0.1, 0.15) is 6.04 Å². The molecule has 1 heterocycles. The van der Waals surface area contributed by atoms with Crippen LogP contribution < -0.4 is 16.4 Å². The van der Waals surface area contributed by atoms with E-state index >= 15 is 0 Å². The highest BCUT2D eigenvalue weighted by molar-refractivity contribution is 6.48. The second-order valence-electron chi connectivity index (χ2n) is 13.1. The largest absolute Gasteiger partial charge is 0.481 e. The second-order valence-corrected chi connectivity index (χ2v) is 13.1. The normalized spacial score (nSPS) is 28.3. The minimum atomic E-state index is -1.10. The maximum Gasteiger partial charge on any atom is 0.481 e. The van der Waals surface area contributed by atoms with Crippen molar-refractivity contribution in [2.24, 2.45) is 28.9 Å². The number of carbonyl (C=O) groups excluding carboxylic acids is 3. The highest BCUT2D eigenvalue weighted by Crippen LogP contribution is 2.65. The zero-order valence-electron chi connectivity index (χ0n) is 24.4. The molecule has 214 valence electrons. The van der Waals surface area contributed by atoms with E-state index in [4.69, 9.17) is 15.0 Å². The molecule has 8 nitrogen and oxygen atoms in total. The smallest absolute Gasteiger partial charge is 0.404 e. The Bertz CT molecular complexity index is 1060. The summed E-state index contributed by atoms with van der Waals surface area (Å²) in [6.07, 6.45) is 5.55. The van der Waals surface area contributed by atoms with Gasteiger partial charge in [0.15, 0.2) is 0 Å². The molecule has 2 bridgehead atoms. The summed E-state index contributed by atoms with van der Waals surface area (Å²) in [5, 5.41) is 5.77. The standard InChI is InChI=1S/C30H46BN3O5/c1-7-8-9-19-10-12-20(13-11-19)27(36)33-22(17-26(32)35)28(37)34-25(14-18(2)3)31-38-24-16-21-15-23(29(21,4)5)30(24,6)39-31/h10-13,18,21-25H,7-9,14-17H2,1-6H3,(H2,32,35)(H,33,36)(H,34,37)/t21-,22-,23-,24+,25-,30-/m0/s1. The Hall–Kier alpha value is -2.39. The van der Waals surface area contributed by atoms with E-state index in [1.807, 2.05) is 12.1 Å². The molecule has 1 aliphatic heterocycles. The van der Waals surface area contributed by atoms with Crippen molar-refractivity contribution < 1.29 is 23.7 Å². The van der Waals surface area contributed by atoms with Crippen LogP contribution in [0.25, 0.3) is 0 Å². The summed E-state index contributed by atoms with van der Waals surface area (Å²) in [5.74, 6) is -0.693. The number of nitrogens with two attached hydrogens (primary N) is 1. The molecular weight excluding hydrogens is 493 g/mol. The van der Waals surface area contributed by atoms with Crippen LogP contribution in [0.4, 0.5) is 0 Å². The summed E-state index contributed by atoms with van der Waals surface area (Å²) in [6.45, 7) is 13.1. The SMILES string of the molecule is CCCCc1ccc(C(=O)N[C@@H](CC(N)=O)C(=O)N[C@@H](CC(C)C)B2O[C@@H]3C[C@@H]4C[C@@H](C4(C)C)[C@]3(C)O2)cc1. The molecule has 39 heavy (non-hydrogen) atoms. The van der Waals surface area contributed by atoms with Gasteiger partial charge in [0.05, 0.1) is 24.1 Å². The first-order valence-corrected chi connectivity index (χ1v) is 14.7. The number of nitrogens with one attached hydrogen (secondary N) is 2. The third-order valence-electron chi connectivity index (χ3n) is 9.41. The fourth-order valence-electron chi connectivity index (χ4n) is 6.96. The maximum absolute atomic E-state index is 13.5. The quantitative estimate of drug-likeness (QED) is 0.349. The fourth-order valence-corrected chi connectivity index (χ4v) is 6.96. The molecular formula is C30H46BN3O5. The molecule has 0 radical (unpaired) electrons. The van der Waals surface area contributed by atoms with Gasteiger partial charge < -0.3 is 25.7 Å². The van der Waals surface area contributed by atoms with Crippen LogP contribution in [-0.2, 0) is 25.3 Å². The second kappa shape index (κ2) is 11.6. The van der Waals surface area contributed by atoms with Crippen molar-refractivity contribution in [2.45, 2.75) is 110 Å². The van der Waals surface area contributed by atoms with Crippen LogP contribution in [0.3, 0.4) is 0 Å². The van der Waals surface area contributed by atoms with E-state index in [0.29, 0.717) is 23.8 Å². The van der Waals surface area contributed by atoms with Gasteiger partial charge in [0, 0.05) is 5.56 Å². The van der Waals surface area contributed by atoms with Gasteiger partial charge in [-0.15, -0.1) is 0 Å². The van der Waals surface area contributed by atoms with Crippen molar-refractivity contribution in [3.63, 3.8) is 0 Å². The molecule has 3 aliphatic carbocycles. The summed E-state index contributed by atoms with van der Waals surface area (Å²) in [4.78, 5) is 38.4. The number of benzene rings is 1. The highest BCUT2D eigenvalue weighted by Gasteiger charge is 2.68. The Kier molecular flexibility index (Phi) is 8.81. The molecule has 1 saturated heterocycles. The zero-order valence-corrected chi connectivity index (χ0v) is 24.4. The van der Waals surface area contributed by atoms with E-state index in [1.54, 1.807) is 12.1 Å². The number of unbranched alkanes of at least 4 members (excludes halogenated alkanes) is 1. The lowest BCUT2D eigenvalue weighted by Gasteiger charge is -2.64. The van der Waals surface area contributed by atoms with Gasteiger partial charge in [-0.25, -0.2) is 0 Å². The third-order valence-corrected chi connectivity index (χ3v) is 9.41. The van der Waals surface area contributed by atoms with Gasteiger partial charge in [0.2, 0.25) is 11.8 Å². The maximum atomic E-state index is 13.5. The summed E-state index contributed by atoms with van der Waals surface area (Å²) in [7, 11) is -0.595. The van der Waals surface area contributed by atoms with E-state index < -0.39 is 42.4 Å². The van der Waals surface area contributed by atoms with Crippen molar-refractivity contribution in [3.8, 4) is 0 Å². The molecule has 6 atom stereocenters. The monoisotopic (exact) mass is 539 g/mol. The number of hydrogen-bond donors (Lipinski definition) is 3. The molecule has 1 aromatic rings. The van der Waals surface area contributed by atoms with E-state index in [9.17, 15) is 14.4 Å². The Labute approximate surface area is 233 Å². The van der Waals surface area contributed by atoms with Crippen LogP contribution in [0, 0.1) is 23.2 Å². The summed E-state index contributed by atoms with van der Waals surface area (Å²) in [5.41, 5.74) is 6.87. The van der Waals surface area contributed by atoms with Crippen molar-refractivity contribution in [1.82, 2.24) is 10.6 Å². The van der Waals surface area contributed by atoms with E-state index in [2.05, 4.69) is 52.2 Å². The summed E-state index contributed by atoms with van der Waals surface area (Å²) in [6, 6.07) is 6.24. The van der Waals surface area contributed by atoms with E-state index in [1.165, 1.54) is 0 Å². The van der Waals surface area contributed by atoms with E-state index in [0.717, 1.165) is 37.7 Å². The number of hydrogen-bond acceptors (Lipinski definition) is 5. The number of carbonyl (C=O) groups is 3. The number of aryl methyl sites for hydroxylation is 1. The number of primary amides is 1. The van der Waals surface area contributed by atoms with Crippen LogP contribution in [0.1, 0.15) is 96.0 Å². The lowest BCUT2D eigenvalue weighted by Crippen LogP contribution is -2.65. The van der Waals surface area contributed by atoms with Gasteiger partial charge in [0.25, 0.3) is 5.91 Å². The predicted molar refractivity (Wildman–Crippen MR) is 152 cm³/mol. The minimum absolute atomic E-state index is 0.00717. The molecule has 4 fully saturated rings. The average molecular weight is 540 g/mol. The van der Waals surface area contributed by atoms with Crippen molar-refractivity contribution in [1.29, 1.82) is 0 Å². The Morgan fingerprint density at radius 1 is 1.10 bits per heavy atom. The molecule has 4 aliphatic rings. The molecule has 3 saturated carbocycles. The molecule has 1 aromatic carbocycles. The van der Waals surface area contributed by atoms with Crippen molar-refractivity contribution >= 4 is 24.8 Å². The molecule has 4 N–H and O–H groups in total. The highest BCUT2D eigenvalue weighted by atomic mass is 16.7. The van der Waals surface area contributed by atoms with Crippen LogP contribution in [0.5, 0.6) is 0 Å². The van der Waals surface area contributed by atoms with Gasteiger partial charge in [-0.3, -0.25) is 14.4 Å². The first-order chi connectivity index (χ1) is 18.3. The van der Waals surface area contributed by atoms with Crippen LogP contribution in [0.15, 0.2) is 24.3 Å². The summed E-state index contributed by atoms with van der Waals surface area (Å²) < 4.78 is 13.1. The number of rotatable bonds is 12. The number of amides is 3. The predicted octanol–water partition coefficient (Wildman–Crippen LogP) is 3.80. The van der Waals surface area contributed by atoms with Crippen molar-refractivity contribution in [2.75, 3.05) is 0 Å². The van der Waals surface area contributed by atoms with Gasteiger partial charge in [-0.05, 0) is 79.9 Å². The third kappa shape index (κ3) is 6.19. The molecule has 0 spiro atoms. The topological polar surface area (TPSA) is 120 Å². The Balaban J connectivity index is 1.45. The van der Waals surface area contributed by atoms with Crippen molar-refractivity contribution in [3.05, 3.63) is 35.4 Å². The molecule has 0 unspecified atom stereocenters. The zero-order chi connectivity index (χ0) is 28.5. The Morgan fingerprint density at radius 3 is 2.38 bits per heavy atom. The minimum Gasteiger partial charge on any atom is -0.404 e. The average Bonchev–Trinajstić information content (AvgIpc) is 3.23. The first-order valence-electron chi connectivity index (χ1n) is 14.7. The van der Waals surface area contributed by atoms with E-state index in [-0.39, 0.29) is 23.9 Å². The van der Waals surface area contributed by atoms with Crippen LogP contribution >= 0.6 is 0 Å². The first kappa shape index (κ1) is 29.6. The lowest BCUT2D eigenvalue weighted by atomic mass is 9.43. The Morgan fingerprint density at radius 2 is 1.79 bits per heavy atom. The molecule has 9 heteroatoms. The van der Waals surface area contributed by atoms with Gasteiger partial charge >= 0.3 is 7.12 Å². The molecule has 5 rings (SSSR count). The fraction of sp³-hybridized carbons (Fsp3) is 0.700.